The van der Waals surface area contributed by atoms with Gasteiger partial charge in [-0.2, -0.15) is 0 Å². The van der Waals surface area contributed by atoms with Crippen LogP contribution in [0.3, 0.4) is 0 Å². The van der Waals surface area contributed by atoms with Crippen LogP contribution in [0.25, 0.3) is 6.08 Å². The molecule has 0 radical (unpaired) electrons. The van der Waals surface area contributed by atoms with Crippen LogP contribution < -0.4 is 21.1 Å². The summed E-state index contributed by atoms with van der Waals surface area (Å²) in [5.41, 5.74) is 8.24. The van der Waals surface area contributed by atoms with Gasteiger partial charge in [0.1, 0.15) is 5.75 Å². The zero-order valence-electron chi connectivity index (χ0n) is 14.2. The predicted molar refractivity (Wildman–Crippen MR) is 99.5 cm³/mol. The van der Waals surface area contributed by atoms with Crippen LogP contribution in [0.5, 0.6) is 5.75 Å². The number of ether oxygens (including phenoxy) is 1. The van der Waals surface area contributed by atoms with Gasteiger partial charge in [-0.05, 0) is 48.4 Å². The van der Waals surface area contributed by atoms with E-state index in [0.717, 1.165) is 16.9 Å². The van der Waals surface area contributed by atoms with Crippen LogP contribution in [0.4, 0.5) is 11.4 Å². The molecule has 25 heavy (non-hydrogen) atoms. The molecule has 2 rings (SSSR count). The third kappa shape index (κ3) is 5.47. The maximum atomic E-state index is 12.1. The fourth-order valence-corrected chi connectivity index (χ4v) is 2.14. The van der Waals surface area contributed by atoms with Gasteiger partial charge < -0.3 is 21.1 Å². The highest BCUT2D eigenvalue weighted by atomic mass is 16.5. The van der Waals surface area contributed by atoms with Crippen LogP contribution in [0.1, 0.15) is 11.1 Å². The van der Waals surface area contributed by atoms with Gasteiger partial charge in [0.05, 0.1) is 13.7 Å². The Morgan fingerprint density at radius 2 is 1.96 bits per heavy atom. The van der Waals surface area contributed by atoms with E-state index in [4.69, 9.17) is 10.5 Å². The summed E-state index contributed by atoms with van der Waals surface area (Å²) < 4.78 is 5.14. The molecule has 6 heteroatoms. The molecule has 0 spiro atoms. The van der Waals surface area contributed by atoms with Crippen molar-refractivity contribution in [2.45, 2.75) is 6.92 Å². The molecule has 2 aromatic rings. The number of rotatable bonds is 6. The molecule has 0 saturated carbocycles. The van der Waals surface area contributed by atoms with Gasteiger partial charge in [-0.25, -0.2) is 0 Å². The van der Waals surface area contributed by atoms with E-state index in [1.165, 1.54) is 6.08 Å². The Hall–Kier alpha value is -3.12. The molecule has 0 fully saturated rings. The zero-order chi connectivity index (χ0) is 18.2. The van der Waals surface area contributed by atoms with E-state index in [2.05, 4.69) is 10.6 Å². The van der Waals surface area contributed by atoms with E-state index in [0.29, 0.717) is 11.4 Å². The van der Waals surface area contributed by atoms with Gasteiger partial charge >= 0.3 is 0 Å². The van der Waals surface area contributed by atoms with Crippen molar-refractivity contribution in [3.8, 4) is 5.75 Å². The number of nitrogens with one attached hydrogen (secondary N) is 2. The lowest BCUT2D eigenvalue weighted by atomic mass is 10.1. The minimum atomic E-state index is -0.288. The fourth-order valence-electron chi connectivity index (χ4n) is 2.14. The second kappa shape index (κ2) is 8.65. The summed E-state index contributed by atoms with van der Waals surface area (Å²) in [5, 5.41) is 5.46. The molecule has 0 aromatic heterocycles. The molecule has 0 aliphatic carbocycles. The van der Waals surface area contributed by atoms with Gasteiger partial charge in [0, 0.05) is 17.5 Å². The maximum absolute atomic E-state index is 12.1. The number of benzene rings is 2. The predicted octanol–water partition coefficient (Wildman–Crippen LogP) is 2.55. The number of carbonyl (C=O) groups is 2. The maximum Gasteiger partial charge on any atom is 0.248 e. The number of carbonyl (C=O) groups excluding carboxylic acids is 2. The first-order chi connectivity index (χ1) is 12.0. The van der Waals surface area contributed by atoms with Crippen molar-refractivity contribution in [3.63, 3.8) is 0 Å². The third-order valence-electron chi connectivity index (χ3n) is 3.49. The van der Waals surface area contributed by atoms with E-state index < -0.39 is 0 Å². The Kier molecular flexibility index (Phi) is 6.31. The third-order valence-corrected chi connectivity index (χ3v) is 3.49. The molecular formula is C19H21N3O3. The highest BCUT2D eigenvalue weighted by Gasteiger charge is 2.05. The standard InChI is InChI=1S/C19H21N3O3/c1-13-6-8-15(11-17(13)22-19(24)12-20)21-18(23)9-7-14-4-3-5-16(10-14)25-2/h3-11H,12,20H2,1-2H3,(H,21,23)(H,22,24)/b9-7+. The Bertz CT molecular complexity index is 800. The molecule has 2 amide bonds. The van der Waals surface area contributed by atoms with E-state index in [1.807, 2.05) is 37.3 Å². The average Bonchev–Trinajstić information content (AvgIpc) is 2.62. The zero-order valence-corrected chi connectivity index (χ0v) is 14.2. The second-order valence-corrected chi connectivity index (χ2v) is 5.38. The van der Waals surface area contributed by atoms with Crippen molar-refractivity contribution >= 4 is 29.3 Å². The highest BCUT2D eigenvalue weighted by molar-refractivity contribution is 6.02. The molecule has 6 nitrogen and oxygen atoms in total. The van der Waals surface area contributed by atoms with Gasteiger partial charge in [0.15, 0.2) is 0 Å². The number of nitrogens with two attached hydrogens (primary N) is 1. The summed E-state index contributed by atoms with van der Waals surface area (Å²) in [7, 11) is 1.59. The van der Waals surface area contributed by atoms with Crippen molar-refractivity contribution in [1.29, 1.82) is 0 Å². The average molecular weight is 339 g/mol. The fraction of sp³-hybridized carbons (Fsp3) is 0.158. The van der Waals surface area contributed by atoms with Gasteiger partial charge in [-0.1, -0.05) is 18.2 Å². The van der Waals surface area contributed by atoms with Gasteiger partial charge in [-0.3, -0.25) is 9.59 Å². The molecule has 130 valence electrons. The van der Waals surface area contributed by atoms with Crippen LogP contribution in [0, 0.1) is 6.92 Å². The van der Waals surface area contributed by atoms with Crippen LogP contribution >= 0.6 is 0 Å². The number of amides is 2. The minimum Gasteiger partial charge on any atom is -0.497 e. The Morgan fingerprint density at radius 1 is 1.16 bits per heavy atom. The summed E-state index contributed by atoms with van der Waals surface area (Å²) in [6.07, 6.45) is 3.13. The highest BCUT2D eigenvalue weighted by Crippen LogP contribution is 2.20. The van der Waals surface area contributed by atoms with Crippen molar-refractivity contribution in [2.24, 2.45) is 5.73 Å². The number of hydrogen-bond donors (Lipinski definition) is 3. The SMILES string of the molecule is COc1cccc(/C=C/C(=O)Nc2ccc(C)c(NC(=O)CN)c2)c1. The van der Waals surface area contributed by atoms with Crippen LogP contribution in [0.15, 0.2) is 48.5 Å². The minimum absolute atomic E-state index is 0.0979. The molecule has 4 N–H and O–H groups in total. The largest absolute Gasteiger partial charge is 0.497 e. The molecule has 0 atom stereocenters. The monoisotopic (exact) mass is 339 g/mol. The lowest BCUT2D eigenvalue weighted by molar-refractivity contribution is -0.115. The first kappa shape index (κ1) is 18.2. The summed E-state index contributed by atoms with van der Waals surface area (Å²) in [6.45, 7) is 1.76. The first-order valence-electron chi connectivity index (χ1n) is 7.75. The Labute approximate surface area is 146 Å². The summed E-state index contributed by atoms with van der Waals surface area (Å²) in [5.74, 6) is 0.161. The van der Waals surface area contributed by atoms with Gasteiger partial charge in [0.25, 0.3) is 0 Å². The quantitative estimate of drug-likeness (QED) is 0.705. The number of hydrogen-bond acceptors (Lipinski definition) is 4. The number of methoxy groups -OCH3 is 1. The molecule has 0 bridgehead atoms. The van der Waals surface area contributed by atoms with Crippen molar-refractivity contribution in [2.75, 3.05) is 24.3 Å². The Morgan fingerprint density at radius 3 is 2.68 bits per heavy atom. The summed E-state index contributed by atoms with van der Waals surface area (Å²) in [6, 6.07) is 12.7. The van der Waals surface area contributed by atoms with Crippen LogP contribution in [-0.2, 0) is 9.59 Å². The Balaban J connectivity index is 2.05. The molecular weight excluding hydrogens is 318 g/mol. The van der Waals surface area contributed by atoms with Crippen LogP contribution in [0.2, 0.25) is 0 Å². The summed E-state index contributed by atoms with van der Waals surface area (Å²) >= 11 is 0. The first-order valence-corrected chi connectivity index (χ1v) is 7.75. The smallest absolute Gasteiger partial charge is 0.248 e. The van der Waals surface area contributed by atoms with E-state index in [-0.39, 0.29) is 18.4 Å². The van der Waals surface area contributed by atoms with Gasteiger partial charge in [0.2, 0.25) is 11.8 Å². The van der Waals surface area contributed by atoms with Crippen LogP contribution in [-0.4, -0.2) is 25.5 Å². The molecule has 0 heterocycles. The second-order valence-electron chi connectivity index (χ2n) is 5.38. The van der Waals surface area contributed by atoms with E-state index in [1.54, 1.807) is 25.3 Å². The van der Waals surface area contributed by atoms with E-state index in [9.17, 15) is 9.59 Å². The van der Waals surface area contributed by atoms with Gasteiger partial charge in [-0.15, -0.1) is 0 Å². The normalized spacial score (nSPS) is 10.5. The lowest BCUT2D eigenvalue weighted by Crippen LogP contribution is -2.22. The van der Waals surface area contributed by atoms with Crippen molar-refractivity contribution < 1.29 is 14.3 Å². The molecule has 0 aliphatic rings. The lowest BCUT2D eigenvalue weighted by Gasteiger charge is -2.10. The molecule has 2 aromatic carbocycles. The summed E-state index contributed by atoms with van der Waals surface area (Å²) in [4.78, 5) is 23.5. The van der Waals surface area contributed by atoms with Crippen molar-refractivity contribution in [3.05, 3.63) is 59.7 Å². The molecule has 0 unspecified atom stereocenters. The topological polar surface area (TPSA) is 93.5 Å². The van der Waals surface area contributed by atoms with E-state index >= 15 is 0 Å². The molecule has 0 aliphatic heterocycles. The number of aryl methyl sites for hydroxylation is 1. The molecule has 0 saturated heterocycles. The van der Waals surface area contributed by atoms with Crippen molar-refractivity contribution in [1.82, 2.24) is 0 Å². The number of anilines is 2.